The summed E-state index contributed by atoms with van der Waals surface area (Å²) in [6, 6.07) is 27.7. The van der Waals surface area contributed by atoms with E-state index < -0.39 is 24.7 Å². The highest BCUT2D eigenvalue weighted by Crippen LogP contribution is 2.43. The molecule has 5 nitrogen and oxygen atoms in total. The van der Waals surface area contributed by atoms with Crippen molar-refractivity contribution in [1.82, 2.24) is 5.06 Å². The number of imide groups is 1. The number of hydroxylamine groups is 2. The van der Waals surface area contributed by atoms with Crippen LogP contribution in [0.5, 0.6) is 0 Å². The highest BCUT2D eigenvalue weighted by Gasteiger charge is 2.34. The Kier molecular flexibility index (Phi) is 5.88. The van der Waals surface area contributed by atoms with E-state index in [1.807, 2.05) is 91.9 Å². The summed E-state index contributed by atoms with van der Waals surface area (Å²) in [6.45, 7) is -0.563. The maximum Gasteiger partial charge on any atom is 0.357 e. The van der Waals surface area contributed by atoms with Gasteiger partial charge in [-0.2, -0.15) is 0 Å². The van der Waals surface area contributed by atoms with Gasteiger partial charge < -0.3 is 4.84 Å². The van der Waals surface area contributed by atoms with Gasteiger partial charge in [0, 0.05) is 18.6 Å². The molecule has 0 spiro atoms. The van der Waals surface area contributed by atoms with Crippen molar-refractivity contribution < 1.29 is 19.2 Å². The number of carbonyl (C=O) groups excluding carboxylic acids is 3. The molecule has 0 atom stereocenters. The van der Waals surface area contributed by atoms with Crippen molar-refractivity contribution in [3.63, 3.8) is 0 Å². The fourth-order valence-corrected chi connectivity index (χ4v) is 7.32. The van der Waals surface area contributed by atoms with Crippen LogP contribution in [-0.4, -0.2) is 28.6 Å². The second-order valence-corrected chi connectivity index (χ2v) is 10.6. The van der Waals surface area contributed by atoms with Gasteiger partial charge in [-0.15, -0.1) is 5.06 Å². The van der Waals surface area contributed by atoms with Crippen molar-refractivity contribution in [1.29, 1.82) is 0 Å². The van der Waals surface area contributed by atoms with Crippen molar-refractivity contribution in [3.05, 3.63) is 90.5 Å². The van der Waals surface area contributed by atoms with Crippen LogP contribution in [0, 0.1) is 6.92 Å². The smallest absolute Gasteiger partial charge is 0.326 e. The van der Waals surface area contributed by atoms with Crippen LogP contribution >= 0.6 is 6.89 Å². The molecule has 0 N–H and O–H groups in total. The third-order valence-electron chi connectivity index (χ3n) is 5.25. The fraction of sp³-hybridized carbons (Fsp3) is 0.120. The molecule has 1 aliphatic rings. The monoisotopic (exact) mass is 431 g/mol. The average Bonchev–Trinajstić information content (AvgIpc) is 3.11. The molecule has 4 rings (SSSR count). The lowest BCUT2D eigenvalue weighted by molar-refractivity contribution is -0.191. The lowest BCUT2D eigenvalue weighted by atomic mass is 10.2. The van der Waals surface area contributed by atoms with Crippen molar-refractivity contribution in [3.8, 4) is 0 Å². The van der Waals surface area contributed by atoms with Crippen molar-refractivity contribution in [2.24, 2.45) is 0 Å². The molecule has 3 aromatic carbocycles. The molecule has 31 heavy (non-hydrogen) atoms. The molecule has 2 amide bonds. The minimum absolute atomic E-state index is 0.0573. The van der Waals surface area contributed by atoms with E-state index >= 15 is 0 Å². The Morgan fingerprint density at radius 3 is 1.71 bits per heavy atom. The van der Waals surface area contributed by atoms with Crippen LogP contribution in [0.4, 0.5) is 0 Å². The van der Waals surface area contributed by atoms with Crippen molar-refractivity contribution in [2.45, 2.75) is 19.8 Å². The number of hydrogen-bond donors (Lipinski definition) is 0. The van der Waals surface area contributed by atoms with Crippen molar-refractivity contribution in [2.75, 3.05) is 0 Å². The first kappa shape index (κ1) is 20.8. The highest BCUT2D eigenvalue weighted by molar-refractivity contribution is 7.95. The Balaban J connectivity index is 1.94. The average molecular weight is 431 g/mol. The zero-order valence-corrected chi connectivity index (χ0v) is 18.0. The molecule has 0 aliphatic carbocycles. The van der Waals surface area contributed by atoms with E-state index in [0.717, 1.165) is 21.5 Å². The number of rotatable bonds is 5. The van der Waals surface area contributed by atoms with E-state index in [0.29, 0.717) is 5.06 Å². The van der Waals surface area contributed by atoms with E-state index in [1.165, 1.54) is 0 Å². The molecule has 0 unspecified atom stereocenters. The molecule has 3 aromatic rings. The number of benzene rings is 3. The zero-order chi connectivity index (χ0) is 21.8. The summed E-state index contributed by atoms with van der Waals surface area (Å²) in [5, 5.41) is 3.52. The number of carbonyl (C=O) groups is 3. The third kappa shape index (κ3) is 4.10. The SMILES string of the molecule is Cc1ccc(P(=CC(=O)ON2C(=O)CCC2=O)(c2ccccc2)c2ccccc2)cc1. The van der Waals surface area contributed by atoms with Gasteiger partial charge in [0.05, 0.1) is 0 Å². The van der Waals surface area contributed by atoms with Crippen LogP contribution in [0.25, 0.3) is 0 Å². The first-order valence-electron chi connectivity index (χ1n) is 10.0. The van der Waals surface area contributed by atoms with Gasteiger partial charge in [-0.3, -0.25) is 9.59 Å². The van der Waals surface area contributed by atoms with Crippen LogP contribution in [-0.2, 0) is 19.2 Å². The maximum absolute atomic E-state index is 13.1. The van der Waals surface area contributed by atoms with Crippen LogP contribution in [0.1, 0.15) is 18.4 Å². The Morgan fingerprint density at radius 1 is 0.774 bits per heavy atom. The normalized spacial score (nSPS) is 13.9. The summed E-state index contributed by atoms with van der Waals surface area (Å²) < 4.78 is 0. The predicted molar refractivity (Wildman–Crippen MR) is 123 cm³/mol. The Hall–Kier alpha value is -3.43. The first-order valence-corrected chi connectivity index (χ1v) is 11.9. The second kappa shape index (κ2) is 8.75. The molecular formula is C25H22NO4P. The molecule has 6 heteroatoms. The van der Waals surface area contributed by atoms with Gasteiger partial charge in [0.15, 0.2) is 0 Å². The van der Waals surface area contributed by atoms with Gasteiger partial charge >= 0.3 is 5.97 Å². The first-order chi connectivity index (χ1) is 15.0. The van der Waals surface area contributed by atoms with Gasteiger partial charge in [0.2, 0.25) is 0 Å². The van der Waals surface area contributed by atoms with E-state index in [2.05, 4.69) is 0 Å². The van der Waals surface area contributed by atoms with Crippen molar-refractivity contribution >= 4 is 46.4 Å². The van der Waals surface area contributed by atoms with E-state index in [-0.39, 0.29) is 12.8 Å². The lowest BCUT2D eigenvalue weighted by Gasteiger charge is -2.28. The van der Waals surface area contributed by atoms with Crippen LogP contribution in [0.3, 0.4) is 0 Å². The summed E-state index contributed by atoms with van der Waals surface area (Å²) in [6.07, 6.45) is 0.115. The van der Waals surface area contributed by atoms with E-state index in [1.54, 1.807) is 5.80 Å². The fourth-order valence-electron chi connectivity index (χ4n) is 3.71. The second-order valence-electron chi connectivity index (χ2n) is 7.35. The lowest BCUT2D eigenvalue weighted by Crippen LogP contribution is -2.34. The van der Waals surface area contributed by atoms with Gasteiger partial charge in [0.25, 0.3) is 11.8 Å². The molecule has 0 saturated carbocycles. The maximum atomic E-state index is 13.1. The van der Waals surface area contributed by atoms with E-state index in [9.17, 15) is 14.4 Å². The highest BCUT2D eigenvalue weighted by atomic mass is 31.2. The van der Waals surface area contributed by atoms with Crippen LogP contribution < -0.4 is 15.9 Å². The number of amides is 2. The number of aryl methyl sites for hydroxylation is 1. The predicted octanol–water partition coefficient (Wildman–Crippen LogP) is 2.70. The minimum Gasteiger partial charge on any atom is -0.326 e. The minimum atomic E-state index is -2.57. The molecule has 1 aliphatic heterocycles. The quantitative estimate of drug-likeness (QED) is 0.460. The Morgan fingerprint density at radius 2 is 1.23 bits per heavy atom. The molecule has 0 bridgehead atoms. The standard InChI is InChI=1S/C25H22NO4P/c1-19-12-14-22(15-13-19)31(20-8-4-2-5-9-20,21-10-6-3-7-11-21)18-25(29)30-26-23(27)16-17-24(26)28/h2-15,18H,16-17H2,1H3. The van der Waals surface area contributed by atoms with Crippen LogP contribution in [0.15, 0.2) is 84.9 Å². The van der Waals surface area contributed by atoms with Gasteiger partial charge in [0.1, 0.15) is 0 Å². The molecular weight excluding hydrogens is 409 g/mol. The Labute approximate surface area is 181 Å². The summed E-state index contributed by atoms with van der Waals surface area (Å²) in [5.74, 6) is -0.151. The Bertz CT molecular complexity index is 1110. The molecule has 1 saturated heterocycles. The topological polar surface area (TPSA) is 63.7 Å². The van der Waals surface area contributed by atoms with Gasteiger partial charge in [-0.05, 0) is 29.7 Å². The zero-order valence-electron chi connectivity index (χ0n) is 17.1. The molecule has 1 heterocycles. The van der Waals surface area contributed by atoms with E-state index in [4.69, 9.17) is 4.84 Å². The molecule has 156 valence electrons. The molecule has 0 radical (unpaired) electrons. The third-order valence-corrected chi connectivity index (χ3v) is 9.19. The summed E-state index contributed by atoms with van der Waals surface area (Å²) >= 11 is 0. The molecule has 1 fully saturated rings. The number of nitrogens with zero attached hydrogens (tertiary/aromatic N) is 1. The largest absolute Gasteiger partial charge is 0.357 e. The van der Waals surface area contributed by atoms with Crippen LogP contribution in [0.2, 0.25) is 0 Å². The summed E-state index contributed by atoms with van der Waals surface area (Å²) in [4.78, 5) is 42.3. The van der Waals surface area contributed by atoms with Gasteiger partial charge in [-0.1, -0.05) is 90.5 Å². The number of hydrogen-bond acceptors (Lipinski definition) is 4. The molecule has 0 aromatic heterocycles. The van der Waals surface area contributed by atoms with Gasteiger partial charge in [-0.25, -0.2) is 4.79 Å². The summed E-state index contributed by atoms with van der Waals surface area (Å²) in [7, 11) is 0. The summed E-state index contributed by atoms with van der Waals surface area (Å²) in [5.41, 5.74) is 1.11.